The van der Waals surface area contributed by atoms with Gasteiger partial charge in [0.1, 0.15) is 16.8 Å². The minimum atomic E-state index is 0.540. The van der Waals surface area contributed by atoms with Crippen LogP contribution in [-0.2, 0) is 0 Å². The quantitative estimate of drug-likeness (QED) is 0.185. The molecule has 0 atom stereocenters. The molecular weight excluding hydrogens is 667 g/mol. The Labute approximate surface area is 306 Å². The second-order valence-corrected chi connectivity index (χ2v) is 14.9. The van der Waals surface area contributed by atoms with Crippen molar-refractivity contribution in [3.8, 4) is 28.2 Å². The number of hydrogen-bond donors (Lipinski definition) is 0. The van der Waals surface area contributed by atoms with E-state index in [0.29, 0.717) is 5.71 Å². The molecule has 12 aromatic rings. The van der Waals surface area contributed by atoms with E-state index < -0.39 is 0 Å². The van der Waals surface area contributed by atoms with Crippen LogP contribution in [0.1, 0.15) is 0 Å². The lowest BCUT2D eigenvalue weighted by atomic mass is 10.0. The van der Waals surface area contributed by atoms with Crippen molar-refractivity contribution in [1.82, 2.24) is 14.5 Å². The first-order valence-electron chi connectivity index (χ1n) is 17.8. The Morgan fingerprint density at radius 2 is 1.15 bits per heavy atom. The monoisotopic (exact) mass is 693 g/mol. The van der Waals surface area contributed by atoms with E-state index in [0.717, 1.165) is 44.7 Å². The summed E-state index contributed by atoms with van der Waals surface area (Å²) in [5, 5.41) is 10.8. The standard InChI is InChI=1S/C48H27N3OS/c1-2-12-30-26-40-39(25-29(30)11-1)37-23-20-28-10-3-4-15-34(28)47(37)51(40)33-14-9-13-31(24-33)44-45(50-48-46(49-44)38-17-5-7-18-41(38)52-48)32-21-22-36-35-16-6-8-19-42(35)53-43(36)27-32/h1-27H. The highest BCUT2D eigenvalue weighted by atomic mass is 32.1. The largest absolute Gasteiger partial charge is 0.436 e. The Kier molecular flexibility index (Phi) is 5.90. The van der Waals surface area contributed by atoms with E-state index in [1.54, 1.807) is 0 Å². The SMILES string of the molecule is c1cc(-c2nc3c(nc2-c2ccc4c(c2)sc2ccccc24)oc2ccccc23)cc(-n2c3cc4ccccc4cc3c3ccc4ccccc4c32)c1. The first kappa shape index (κ1) is 28.8. The number of thiophene rings is 1. The molecule has 0 saturated carbocycles. The van der Waals surface area contributed by atoms with Crippen LogP contribution in [0.4, 0.5) is 0 Å². The number of nitrogens with zero attached hydrogens (tertiary/aromatic N) is 3. The van der Waals surface area contributed by atoms with Crippen molar-refractivity contribution >= 4 is 97.1 Å². The first-order chi connectivity index (χ1) is 26.2. The fourth-order valence-electron chi connectivity index (χ4n) is 8.32. The second kappa shape index (κ2) is 10.8. The van der Waals surface area contributed by atoms with E-state index in [9.17, 15) is 0 Å². The average molecular weight is 694 g/mol. The normalized spacial score (nSPS) is 12.2. The van der Waals surface area contributed by atoms with Crippen molar-refractivity contribution < 1.29 is 4.42 Å². The van der Waals surface area contributed by atoms with Crippen LogP contribution in [0.3, 0.4) is 0 Å². The molecule has 12 rings (SSSR count). The Bertz CT molecular complexity index is 3480. The van der Waals surface area contributed by atoms with E-state index in [1.807, 2.05) is 29.5 Å². The zero-order valence-electron chi connectivity index (χ0n) is 28.2. The molecule has 246 valence electrons. The summed E-state index contributed by atoms with van der Waals surface area (Å²) in [6, 6.07) is 58.6. The van der Waals surface area contributed by atoms with Crippen LogP contribution in [0.5, 0.6) is 0 Å². The first-order valence-corrected chi connectivity index (χ1v) is 18.6. The summed E-state index contributed by atoms with van der Waals surface area (Å²) in [5.74, 6) is 0. The van der Waals surface area contributed by atoms with Gasteiger partial charge in [-0.25, -0.2) is 9.97 Å². The Morgan fingerprint density at radius 1 is 0.453 bits per heavy atom. The number of hydrogen-bond acceptors (Lipinski definition) is 4. The van der Waals surface area contributed by atoms with Gasteiger partial charge in [-0.1, -0.05) is 115 Å². The number of para-hydroxylation sites is 1. The molecule has 0 fully saturated rings. The third-order valence-electron chi connectivity index (χ3n) is 10.8. The van der Waals surface area contributed by atoms with Gasteiger partial charge >= 0.3 is 0 Å². The highest BCUT2D eigenvalue weighted by molar-refractivity contribution is 7.25. The van der Waals surface area contributed by atoms with Gasteiger partial charge in [0.05, 0.1) is 16.7 Å². The number of furan rings is 1. The van der Waals surface area contributed by atoms with Gasteiger partial charge in [-0.05, 0) is 64.7 Å². The number of rotatable bonds is 3. The second-order valence-electron chi connectivity index (χ2n) is 13.8. The highest BCUT2D eigenvalue weighted by Crippen LogP contribution is 2.42. The molecular formula is C48H27N3OS. The topological polar surface area (TPSA) is 43.9 Å². The number of fused-ring (bicyclic) bond motifs is 12. The maximum Gasteiger partial charge on any atom is 0.246 e. The van der Waals surface area contributed by atoms with Gasteiger partial charge in [0, 0.05) is 58.5 Å². The van der Waals surface area contributed by atoms with E-state index in [1.165, 1.54) is 63.5 Å². The molecule has 5 heteroatoms. The van der Waals surface area contributed by atoms with Crippen LogP contribution >= 0.6 is 11.3 Å². The Balaban J connectivity index is 1.15. The van der Waals surface area contributed by atoms with Crippen molar-refractivity contribution in [2.45, 2.75) is 0 Å². The molecule has 53 heavy (non-hydrogen) atoms. The van der Waals surface area contributed by atoms with Crippen LogP contribution in [0, 0.1) is 0 Å². The lowest BCUT2D eigenvalue weighted by molar-refractivity contribution is 0.653. The molecule has 4 heterocycles. The lowest BCUT2D eigenvalue weighted by Crippen LogP contribution is -1.98. The molecule has 0 aliphatic rings. The predicted molar refractivity (Wildman–Crippen MR) is 222 cm³/mol. The van der Waals surface area contributed by atoms with Gasteiger partial charge in [-0.3, -0.25) is 0 Å². The minimum absolute atomic E-state index is 0.540. The van der Waals surface area contributed by atoms with Gasteiger partial charge in [0.25, 0.3) is 0 Å². The predicted octanol–water partition coefficient (Wildman–Crippen LogP) is 13.5. The third kappa shape index (κ3) is 4.23. The van der Waals surface area contributed by atoms with Crippen LogP contribution in [0.2, 0.25) is 0 Å². The molecule has 0 aliphatic heterocycles. The summed E-state index contributed by atoms with van der Waals surface area (Å²) in [5.41, 5.74) is 9.14. The number of aromatic nitrogens is 3. The Hall–Kier alpha value is -6.82. The molecule has 0 spiro atoms. The maximum absolute atomic E-state index is 6.32. The third-order valence-corrected chi connectivity index (χ3v) is 11.9. The van der Waals surface area contributed by atoms with Crippen LogP contribution < -0.4 is 0 Å². The minimum Gasteiger partial charge on any atom is -0.436 e. The van der Waals surface area contributed by atoms with Crippen molar-refractivity contribution in [1.29, 1.82) is 0 Å². The lowest BCUT2D eigenvalue weighted by Gasteiger charge is -2.13. The molecule has 0 bridgehead atoms. The fraction of sp³-hybridized carbons (Fsp3) is 0. The van der Waals surface area contributed by atoms with E-state index in [-0.39, 0.29) is 0 Å². The maximum atomic E-state index is 6.32. The molecule has 0 amide bonds. The van der Waals surface area contributed by atoms with Gasteiger partial charge in [0.2, 0.25) is 5.71 Å². The van der Waals surface area contributed by atoms with E-state index >= 15 is 0 Å². The fourth-order valence-corrected chi connectivity index (χ4v) is 9.47. The summed E-state index contributed by atoms with van der Waals surface area (Å²) >= 11 is 1.81. The van der Waals surface area contributed by atoms with Gasteiger partial charge in [-0.2, -0.15) is 0 Å². The highest BCUT2D eigenvalue weighted by Gasteiger charge is 2.21. The molecule has 0 saturated heterocycles. The van der Waals surface area contributed by atoms with Crippen molar-refractivity contribution in [3.63, 3.8) is 0 Å². The zero-order chi connectivity index (χ0) is 34.6. The summed E-state index contributed by atoms with van der Waals surface area (Å²) in [6.07, 6.45) is 0. The van der Waals surface area contributed by atoms with Gasteiger partial charge in [-0.15, -0.1) is 11.3 Å². The average Bonchev–Trinajstić information content (AvgIpc) is 3.88. The number of benzene rings is 8. The van der Waals surface area contributed by atoms with Crippen LogP contribution in [-0.4, -0.2) is 14.5 Å². The molecule has 4 aromatic heterocycles. The van der Waals surface area contributed by atoms with Gasteiger partial charge < -0.3 is 8.98 Å². The smallest absolute Gasteiger partial charge is 0.246 e. The summed E-state index contributed by atoms with van der Waals surface area (Å²) in [6.45, 7) is 0. The van der Waals surface area contributed by atoms with E-state index in [4.69, 9.17) is 14.4 Å². The zero-order valence-corrected chi connectivity index (χ0v) is 29.1. The van der Waals surface area contributed by atoms with Gasteiger partial charge in [0.15, 0.2) is 0 Å². The molecule has 8 aromatic carbocycles. The van der Waals surface area contributed by atoms with Crippen LogP contribution in [0.15, 0.2) is 168 Å². The summed E-state index contributed by atoms with van der Waals surface area (Å²) in [7, 11) is 0. The van der Waals surface area contributed by atoms with E-state index in [2.05, 4.69) is 150 Å². The molecule has 0 aliphatic carbocycles. The molecule has 0 N–H and O–H groups in total. The van der Waals surface area contributed by atoms with Crippen molar-refractivity contribution in [2.75, 3.05) is 0 Å². The molecule has 0 radical (unpaired) electrons. The summed E-state index contributed by atoms with van der Waals surface area (Å²) < 4.78 is 11.3. The summed E-state index contributed by atoms with van der Waals surface area (Å²) in [4.78, 5) is 10.7. The molecule has 4 nitrogen and oxygen atoms in total. The van der Waals surface area contributed by atoms with Crippen molar-refractivity contribution in [2.24, 2.45) is 0 Å². The van der Waals surface area contributed by atoms with Crippen molar-refractivity contribution in [3.05, 3.63) is 164 Å². The van der Waals surface area contributed by atoms with Crippen LogP contribution in [0.25, 0.3) is 114 Å². The Morgan fingerprint density at radius 3 is 2.06 bits per heavy atom. The molecule has 0 unspecified atom stereocenters.